The summed E-state index contributed by atoms with van der Waals surface area (Å²) < 4.78 is 1.94. The minimum Gasteiger partial charge on any atom is -0.298 e. The highest BCUT2D eigenvalue weighted by atomic mass is 15.3. The predicted octanol–water partition coefficient (Wildman–Crippen LogP) is 4.58. The van der Waals surface area contributed by atoms with E-state index in [1.54, 1.807) is 0 Å². The van der Waals surface area contributed by atoms with Gasteiger partial charge < -0.3 is 0 Å². The van der Waals surface area contributed by atoms with Gasteiger partial charge in [0, 0.05) is 29.9 Å². The number of benzene rings is 2. The van der Waals surface area contributed by atoms with Crippen LogP contribution in [0.4, 0.5) is 0 Å². The molecule has 0 aliphatic carbocycles. The molecule has 0 fully saturated rings. The van der Waals surface area contributed by atoms with E-state index >= 15 is 0 Å². The van der Waals surface area contributed by atoms with Crippen molar-refractivity contribution in [3.63, 3.8) is 0 Å². The smallest absolute Gasteiger partial charge is 0.0972 e. The zero-order chi connectivity index (χ0) is 18.5. The first-order chi connectivity index (χ1) is 12.6. The fourth-order valence-electron chi connectivity index (χ4n) is 2.91. The van der Waals surface area contributed by atoms with Crippen LogP contribution < -0.4 is 0 Å². The normalized spacial score (nSPS) is 12.1. The average Bonchev–Trinajstić information content (AvgIpc) is 3.07. The van der Waals surface area contributed by atoms with Crippen molar-refractivity contribution in [3.8, 4) is 23.0 Å². The van der Waals surface area contributed by atoms with Crippen LogP contribution in [0.5, 0.6) is 0 Å². The van der Waals surface area contributed by atoms with Crippen LogP contribution in [-0.2, 0) is 6.54 Å². The third-order valence-corrected chi connectivity index (χ3v) is 4.69. The van der Waals surface area contributed by atoms with Crippen LogP contribution in [0.15, 0.2) is 60.8 Å². The van der Waals surface area contributed by atoms with Crippen molar-refractivity contribution in [3.05, 3.63) is 71.9 Å². The third kappa shape index (κ3) is 4.01. The van der Waals surface area contributed by atoms with E-state index in [2.05, 4.69) is 74.5 Å². The van der Waals surface area contributed by atoms with E-state index in [0.717, 1.165) is 29.1 Å². The Morgan fingerprint density at radius 3 is 2.46 bits per heavy atom. The lowest BCUT2D eigenvalue weighted by atomic mass is 10.1. The maximum atomic E-state index is 8.97. The summed E-state index contributed by atoms with van der Waals surface area (Å²) in [7, 11) is 2.06. The Hall–Kier alpha value is -2.90. The predicted molar refractivity (Wildman–Crippen MR) is 105 cm³/mol. The van der Waals surface area contributed by atoms with Crippen LogP contribution in [0.1, 0.15) is 24.5 Å². The van der Waals surface area contributed by atoms with Crippen LogP contribution in [0.25, 0.3) is 16.9 Å². The summed E-state index contributed by atoms with van der Waals surface area (Å²) in [6, 6.07) is 21.1. The summed E-state index contributed by atoms with van der Waals surface area (Å²) >= 11 is 0. The van der Waals surface area contributed by atoms with Crippen molar-refractivity contribution in [1.29, 1.82) is 5.26 Å². The van der Waals surface area contributed by atoms with E-state index < -0.39 is 0 Å². The van der Waals surface area contributed by atoms with Gasteiger partial charge in [0.05, 0.1) is 23.9 Å². The number of nitrogens with zero attached hydrogens (tertiary/aromatic N) is 4. The minimum atomic E-state index is 0.200. The summed E-state index contributed by atoms with van der Waals surface area (Å²) in [6.07, 6.45) is 2.61. The molecule has 0 bridgehead atoms. The lowest BCUT2D eigenvalue weighted by Crippen LogP contribution is -2.28. The molecule has 132 valence electrons. The molecule has 0 saturated carbocycles. The Bertz CT molecular complexity index is 888. The number of rotatable bonds is 6. The molecule has 0 saturated heterocycles. The van der Waals surface area contributed by atoms with Gasteiger partial charge in [0.1, 0.15) is 0 Å². The highest BCUT2D eigenvalue weighted by molar-refractivity contribution is 5.63. The Kier molecular flexibility index (Phi) is 5.50. The quantitative estimate of drug-likeness (QED) is 0.657. The van der Waals surface area contributed by atoms with Crippen LogP contribution in [0.2, 0.25) is 0 Å². The van der Waals surface area contributed by atoms with Gasteiger partial charge in [-0.1, -0.05) is 48.0 Å². The molecule has 2 aromatic carbocycles. The highest BCUT2D eigenvalue weighted by Gasteiger charge is 2.16. The summed E-state index contributed by atoms with van der Waals surface area (Å²) in [6.45, 7) is 4.92. The van der Waals surface area contributed by atoms with E-state index in [0.29, 0.717) is 6.42 Å². The molecular formula is C22H24N4. The molecule has 0 N–H and O–H groups in total. The van der Waals surface area contributed by atoms with Gasteiger partial charge in [-0.05, 0) is 33.0 Å². The van der Waals surface area contributed by atoms with E-state index in [1.165, 1.54) is 5.56 Å². The van der Waals surface area contributed by atoms with Gasteiger partial charge in [-0.25, -0.2) is 4.68 Å². The molecule has 0 spiro atoms. The number of aryl methyl sites for hydroxylation is 1. The van der Waals surface area contributed by atoms with Gasteiger partial charge in [0.25, 0.3) is 0 Å². The number of para-hydroxylation sites is 1. The first-order valence-corrected chi connectivity index (χ1v) is 8.86. The largest absolute Gasteiger partial charge is 0.298 e. The summed E-state index contributed by atoms with van der Waals surface area (Å²) in [4.78, 5) is 2.20. The van der Waals surface area contributed by atoms with E-state index in [9.17, 15) is 0 Å². The second kappa shape index (κ2) is 7.99. The molecule has 4 nitrogen and oxygen atoms in total. The number of hydrogen-bond donors (Lipinski definition) is 0. The first kappa shape index (κ1) is 17.9. The number of hydrogen-bond acceptors (Lipinski definition) is 3. The Labute approximate surface area is 155 Å². The van der Waals surface area contributed by atoms with Crippen LogP contribution >= 0.6 is 0 Å². The Morgan fingerprint density at radius 2 is 1.81 bits per heavy atom. The second-order valence-electron chi connectivity index (χ2n) is 6.78. The molecule has 4 heteroatoms. The molecule has 26 heavy (non-hydrogen) atoms. The summed E-state index contributed by atoms with van der Waals surface area (Å²) in [5.74, 6) is 0. The van der Waals surface area contributed by atoms with E-state index in [1.807, 2.05) is 22.9 Å². The van der Waals surface area contributed by atoms with Crippen molar-refractivity contribution in [1.82, 2.24) is 14.7 Å². The van der Waals surface area contributed by atoms with Crippen molar-refractivity contribution < 1.29 is 0 Å². The van der Waals surface area contributed by atoms with Crippen LogP contribution in [0.3, 0.4) is 0 Å². The van der Waals surface area contributed by atoms with Crippen LogP contribution in [-0.4, -0.2) is 27.8 Å². The van der Waals surface area contributed by atoms with E-state index in [-0.39, 0.29) is 6.04 Å². The zero-order valence-corrected chi connectivity index (χ0v) is 15.6. The molecule has 1 aromatic heterocycles. The van der Waals surface area contributed by atoms with Gasteiger partial charge in [0.2, 0.25) is 0 Å². The van der Waals surface area contributed by atoms with Gasteiger partial charge in [0.15, 0.2) is 0 Å². The molecule has 1 unspecified atom stereocenters. The molecule has 1 heterocycles. The van der Waals surface area contributed by atoms with E-state index in [4.69, 9.17) is 10.4 Å². The van der Waals surface area contributed by atoms with Crippen molar-refractivity contribution >= 4 is 0 Å². The maximum absolute atomic E-state index is 8.97. The van der Waals surface area contributed by atoms with Gasteiger partial charge in [-0.2, -0.15) is 10.4 Å². The van der Waals surface area contributed by atoms with Crippen molar-refractivity contribution in [2.24, 2.45) is 0 Å². The van der Waals surface area contributed by atoms with Gasteiger partial charge in [-0.3, -0.25) is 4.90 Å². The first-order valence-electron chi connectivity index (χ1n) is 8.86. The lowest BCUT2D eigenvalue weighted by molar-refractivity contribution is 0.253. The Morgan fingerprint density at radius 1 is 1.12 bits per heavy atom. The zero-order valence-electron chi connectivity index (χ0n) is 15.6. The molecule has 0 aliphatic rings. The monoisotopic (exact) mass is 344 g/mol. The van der Waals surface area contributed by atoms with Gasteiger partial charge in [-0.15, -0.1) is 0 Å². The van der Waals surface area contributed by atoms with Crippen LogP contribution in [0, 0.1) is 18.3 Å². The van der Waals surface area contributed by atoms with Gasteiger partial charge >= 0.3 is 0 Å². The fraction of sp³-hybridized carbons (Fsp3) is 0.273. The third-order valence-electron chi connectivity index (χ3n) is 4.69. The molecule has 1 atom stereocenters. The molecule has 3 rings (SSSR count). The fourth-order valence-corrected chi connectivity index (χ4v) is 2.91. The lowest BCUT2D eigenvalue weighted by Gasteiger charge is -2.22. The maximum Gasteiger partial charge on any atom is 0.0972 e. The molecule has 0 radical (unpaired) electrons. The number of nitriles is 1. The highest BCUT2D eigenvalue weighted by Crippen LogP contribution is 2.25. The SMILES string of the molecule is Cc1ccc(-c2nn(-c3ccccc3)cc2CN(C)C(C)CC#N)cc1. The molecule has 0 aliphatic heterocycles. The molecular weight excluding hydrogens is 320 g/mol. The van der Waals surface area contributed by atoms with Crippen molar-refractivity contribution in [2.75, 3.05) is 7.05 Å². The standard InChI is InChI=1S/C22H24N4/c1-17-9-11-19(12-10-17)22-20(15-25(3)18(2)13-14-23)16-26(24-22)21-7-5-4-6-8-21/h4-12,16,18H,13,15H2,1-3H3. The summed E-state index contributed by atoms with van der Waals surface area (Å²) in [5, 5.41) is 13.8. The van der Waals surface area contributed by atoms with Crippen molar-refractivity contribution in [2.45, 2.75) is 32.9 Å². The molecule has 3 aromatic rings. The minimum absolute atomic E-state index is 0.200. The summed E-state index contributed by atoms with van der Waals surface area (Å²) in [5.41, 5.74) is 5.54. The second-order valence-corrected chi connectivity index (χ2v) is 6.78. The molecule has 0 amide bonds. The Balaban J connectivity index is 1.99. The number of aromatic nitrogens is 2. The average molecular weight is 344 g/mol. The topological polar surface area (TPSA) is 44.9 Å².